The molecule has 3 aromatic carbocycles. The summed E-state index contributed by atoms with van der Waals surface area (Å²) in [5.41, 5.74) is 2.21. The van der Waals surface area contributed by atoms with Crippen LogP contribution in [0.3, 0.4) is 0 Å². The van der Waals surface area contributed by atoms with E-state index in [1.807, 2.05) is 31.2 Å². The molecule has 6 heteroatoms. The molecule has 0 spiro atoms. The van der Waals surface area contributed by atoms with E-state index in [9.17, 15) is 13.2 Å². The predicted molar refractivity (Wildman–Crippen MR) is 113 cm³/mol. The van der Waals surface area contributed by atoms with Crippen molar-refractivity contribution in [1.29, 1.82) is 0 Å². The van der Waals surface area contributed by atoms with Crippen molar-refractivity contribution >= 4 is 32.3 Å². The first kappa shape index (κ1) is 18.8. The van der Waals surface area contributed by atoms with Gasteiger partial charge >= 0.3 is 0 Å². The molecule has 0 saturated carbocycles. The number of pyridine rings is 1. The van der Waals surface area contributed by atoms with Gasteiger partial charge in [-0.3, -0.25) is 9.78 Å². The normalized spacial score (nSPS) is 11.3. The summed E-state index contributed by atoms with van der Waals surface area (Å²) in [5.74, 6) is -0.505. The number of anilines is 1. The van der Waals surface area contributed by atoms with Crippen molar-refractivity contribution in [3.05, 3.63) is 96.2 Å². The summed E-state index contributed by atoms with van der Waals surface area (Å²) >= 11 is 0. The summed E-state index contributed by atoms with van der Waals surface area (Å²) in [7, 11) is -3.84. The van der Waals surface area contributed by atoms with Gasteiger partial charge in [-0.1, -0.05) is 48.0 Å². The van der Waals surface area contributed by atoms with Crippen molar-refractivity contribution in [2.75, 3.05) is 5.32 Å². The largest absolute Gasteiger partial charge is 0.320 e. The molecule has 1 amide bonds. The fraction of sp³-hybridized carbons (Fsp3) is 0.0435. The summed E-state index contributed by atoms with van der Waals surface area (Å²) in [6, 6.07) is 21.9. The number of para-hydroxylation sites is 1. The summed E-state index contributed by atoms with van der Waals surface area (Å²) in [6.07, 6.45) is 1.65. The number of carbonyl (C=O) groups is 1. The zero-order valence-electron chi connectivity index (χ0n) is 15.7. The van der Waals surface area contributed by atoms with E-state index in [0.29, 0.717) is 11.2 Å². The average Bonchev–Trinajstić information content (AvgIpc) is 2.74. The van der Waals surface area contributed by atoms with Crippen LogP contribution in [0.1, 0.15) is 15.9 Å². The minimum atomic E-state index is -3.84. The van der Waals surface area contributed by atoms with Crippen molar-refractivity contribution in [2.45, 2.75) is 16.7 Å². The topological polar surface area (TPSA) is 76.1 Å². The maximum atomic E-state index is 13.1. The number of hydrogen-bond acceptors (Lipinski definition) is 4. The lowest BCUT2D eigenvalue weighted by Crippen LogP contribution is -2.17. The Kier molecular flexibility index (Phi) is 4.86. The van der Waals surface area contributed by atoms with Gasteiger partial charge in [0.1, 0.15) is 0 Å². The average molecular weight is 402 g/mol. The fourth-order valence-corrected chi connectivity index (χ4v) is 4.58. The monoisotopic (exact) mass is 402 g/mol. The Morgan fingerprint density at radius 2 is 1.59 bits per heavy atom. The highest BCUT2D eigenvalue weighted by Crippen LogP contribution is 2.26. The second-order valence-corrected chi connectivity index (χ2v) is 8.57. The molecular formula is C23H18N2O3S. The number of amides is 1. The van der Waals surface area contributed by atoms with E-state index in [4.69, 9.17) is 0 Å². The zero-order chi connectivity index (χ0) is 20.4. The SMILES string of the molecule is Cc1ccc(S(=O)(=O)c2ccccc2C(=O)Nc2cccc3cccnc23)cc1. The Labute approximate surface area is 169 Å². The van der Waals surface area contributed by atoms with E-state index < -0.39 is 15.7 Å². The Morgan fingerprint density at radius 1 is 0.862 bits per heavy atom. The van der Waals surface area contributed by atoms with Crippen LogP contribution in [0.15, 0.2) is 94.9 Å². The van der Waals surface area contributed by atoms with Crippen molar-refractivity contribution in [3.8, 4) is 0 Å². The third kappa shape index (κ3) is 3.62. The summed E-state index contributed by atoms with van der Waals surface area (Å²) in [6.45, 7) is 1.88. The van der Waals surface area contributed by atoms with Crippen molar-refractivity contribution in [2.24, 2.45) is 0 Å². The third-order valence-electron chi connectivity index (χ3n) is 4.63. The van der Waals surface area contributed by atoms with Crippen LogP contribution in [0.5, 0.6) is 0 Å². The molecule has 0 saturated heterocycles. The van der Waals surface area contributed by atoms with Gasteiger partial charge < -0.3 is 5.32 Å². The standard InChI is InChI=1S/C23H18N2O3S/c1-16-11-13-18(14-12-16)29(27,28)21-10-3-2-8-19(21)23(26)25-20-9-4-6-17-7-5-15-24-22(17)20/h2-15H,1H3,(H,25,26). The van der Waals surface area contributed by atoms with E-state index in [1.165, 1.54) is 12.1 Å². The second-order valence-electron chi connectivity index (χ2n) is 6.65. The molecule has 0 aliphatic rings. The van der Waals surface area contributed by atoms with Crippen LogP contribution in [-0.2, 0) is 9.84 Å². The summed E-state index contributed by atoms with van der Waals surface area (Å²) in [4.78, 5) is 17.4. The number of rotatable bonds is 4. The number of nitrogens with one attached hydrogen (secondary N) is 1. The van der Waals surface area contributed by atoms with E-state index in [-0.39, 0.29) is 15.4 Å². The van der Waals surface area contributed by atoms with E-state index in [2.05, 4.69) is 10.3 Å². The number of carbonyl (C=O) groups excluding carboxylic acids is 1. The number of benzene rings is 3. The van der Waals surface area contributed by atoms with Gasteiger partial charge in [0.15, 0.2) is 0 Å². The quantitative estimate of drug-likeness (QED) is 0.540. The number of fused-ring (bicyclic) bond motifs is 1. The summed E-state index contributed by atoms with van der Waals surface area (Å²) < 4.78 is 26.3. The van der Waals surface area contributed by atoms with Crippen LogP contribution >= 0.6 is 0 Å². The third-order valence-corrected chi connectivity index (χ3v) is 6.46. The Morgan fingerprint density at radius 3 is 2.38 bits per heavy atom. The lowest BCUT2D eigenvalue weighted by Gasteiger charge is -2.12. The highest BCUT2D eigenvalue weighted by molar-refractivity contribution is 7.91. The van der Waals surface area contributed by atoms with Crippen molar-refractivity contribution < 1.29 is 13.2 Å². The van der Waals surface area contributed by atoms with Crippen LogP contribution in [-0.4, -0.2) is 19.3 Å². The zero-order valence-corrected chi connectivity index (χ0v) is 16.5. The van der Waals surface area contributed by atoms with Crippen molar-refractivity contribution in [1.82, 2.24) is 4.98 Å². The lowest BCUT2D eigenvalue weighted by atomic mass is 10.1. The van der Waals surface area contributed by atoms with E-state index >= 15 is 0 Å². The Hall–Kier alpha value is -3.51. The summed E-state index contributed by atoms with van der Waals surface area (Å²) in [5, 5.41) is 3.69. The molecule has 0 fully saturated rings. The first-order valence-electron chi connectivity index (χ1n) is 9.03. The lowest BCUT2D eigenvalue weighted by molar-refractivity contribution is 0.102. The van der Waals surface area contributed by atoms with E-state index in [0.717, 1.165) is 10.9 Å². The van der Waals surface area contributed by atoms with Gasteiger partial charge in [-0.15, -0.1) is 0 Å². The molecule has 4 rings (SSSR count). The maximum absolute atomic E-state index is 13.1. The van der Waals surface area contributed by atoms with Crippen LogP contribution in [0.4, 0.5) is 5.69 Å². The predicted octanol–water partition coefficient (Wildman–Crippen LogP) is 4.63. The Balaban J connectivity index is 1.75. The Bertz CT molecular complexity index is 1310. The first-order valence-corrected chi connectivity index (χ1v) is 10.5. The molecule has 0 unspecified atom stereocenters. The second kappa shape index (κ2) is 7.48. The first-order chi connectivity index (χ1) is 14.0. The van der Waals surface area contributed by atoms with Crippen LogP contribution < -0.4 is 5.32 Å². The molecule has 4 aromatic rings. The molecule has 5 nitrogen and oxygen atoms in total. The molecule has 1 heterocycles. The fourth-order valence-electron chi connectivity index (χ4n) is 3.13. The molecule has 1 aromatic heterocycles. The highest BCUT2D eigenvalue weighted by Gasteiger charge is 2.24. The molecule has 29 heavy (non-hydrogen) atoms. The molecule has 0 radical (unpaired) electrons. The smallest absolute Gasteiger partial charge is 0.257 e. The van der Waals surface area contributed by atoms with Gasteiger partial charge in [0.25, 0.3) is 5.91 Å². The molecule has 0 aliphatic carbocycles. The molecule has 144 valence electrons. The highest BCUT2D eigenvalue weighted by atomic mass is 32.2. The van der Waals surface area contributed by atoms with Gasteiger partial charge in [0.2, 0.25) is 9.84 Å². The van der Waals surface area contributed by atoms with Gasteiger partial charge in [0, 0.05) is 11.6 Å². The van der Waals surface area contributed by atoms with Crippen LogP contribution in [0.25, 0.3) is 10.9 Å². The molecule has 0 bridgehead atoms. The molecule has 1 N–H and O–H groups in total. The van der Waals surface area contributed by atoms with Gasteiger partial charge in [0.05, 0.1) is 26.6 Å². The molecule has 0 atom stereocenters. The number of nitrogens with zero attached hydrogens (tertiary/aromatic N) is 1. The van der Waals surface area contributed by atoms with Crippen LogP contribution in [0.2, 0.25) is 0 Å². The van der Waals surface area contributed by atoms with Crippen molar-refractivity contribution in [3.63, 3.8) is 0 Å². The number of aromatic nitrogens is 1. The van der Waals surface area contributed by atoms with Crippen LogP contribution in [0, 0.1) is 6.92 Å². The number of hydrogen-bond donors (Lipinski definition) is 1. The number of sulfone groups is 1. The van der Waals surface area contributed by atoms with Gasteiger partial charge in [-0.25, -0.2) is 8.42 Å². The van der Waals surface area contributed by atoms with Gasteiger partial charge in [-0.05, 0) is 43.3 Å². The maximum Gasteiger partial charge on any atom is 0.257 e. The minimum absolute atomic E-state index is 0.0328. The molecule has 0 aliphatic heterocycles. The van der Waals surface area contributed by atoms with Gasteiger partial charge in [-0.2, -0.15) is 0 Å². The number of aryl methyl sites for hydroxylation is 1. The minimum Gasteiger partial charge on any atom is -0.320 e. The molecular weight excluding hydrogens is 384 g/mol. The van der Waals surface area contributed by atoms with E-state index in [1.54, 1.807) is 48.7 Å².